The van der Waals surface area contributed by atoms with Gasteiger partial charge in [0.25, 0.3) is 5.91 Å². The fraction of sp³-hybridized carbons (Fsp3) is 0.240. The van der Waals surface area contributed by atoms with Gasteiger partial charge in [0.15, 0.2) is 11.5 Å². The second-order valence-corrected chi connectivity index (χ2v) is 7.51. The predicted octanol–water partition coefficient (Wildman–Crippen LogP) is 5.26. The smallest absolute Gasteiger partial charge is 0.251 e. The Balaban J connectivity index is 1.61. The zero-order chi connectivity index (χ0) is 20.9. The van der Waals surface area contributed by atoms with Gasteiger partial charge in [-0.25, -0.2) is 0 Å². The molecule has 3 aromatic rings. The van der Waals surface area contributed by atoms with Crippen LogP contribution in [0.1, 0.15) is 29.2 Å². The Morgan fingerprint density at radius 1 is 0.900 bits per heavy atom. The summed E-state index contributed by atoms with van der Waals surface area (Å²) in [6.45, 7) is 5.26. The maximum Gasteiger partial charge on any atom is 0.251 e. The summed E-state index contributed by atoms with van der Waals surface area (Å²) in [4.78, 5) is 13.3. The molecule has 1 aliphatic heterocycles. The summed E-state index contributed by atoms with van der Waals surface area (Å²) in [6.07, 6.45) is 0.850. The van der Waals surface area contributed by atoms with Crippen LogP contribution >= 0.6 is 0 Å². The summed E-state index contributed by atoms with van der Waals surface area (Å²) in [5.41, 5.74) is 4.62. The molecule has 0 radical (unpaired) electrons. The van der Waals surface area contributed by atoms with Crippen molar-refractivity contribution in [1.82, 2.24) is 0 Å². The van der Waals surface area contributed by atoms with Crippen molar-refractivity contribution in [2.24, 2.45) is 0 Å². The minimum absolute atomic E-state index is 0.123. The van der Waals surface area contributed by atoms with Gasteiger partial charge < -0.3 is 20.1 Å². The number of hydrogen-bond acceptors (Lipinski definition) is 4. The van der Waals surface area contributed by atoms with Crippen LogP contribution < -0.4 is 20.1 Å². The monoisotopic (exact) mass is 402 g/mol. The molecule has 0 fully saturated rings. The van der Waals surface area contributed by atoms with Gasteiger partial charge >= 0.3 is 0 Å². The van der Waals surface area contributed by atoms with E-state index >= 15 is 0 Å². The number of nitrogens with one attached hydrogen (secondary N) is 2. The van der Waals surface area contributed by atoms with Gasteiger partial charge in [0.2, 0.25) is 0 Å². The molecule has 0 saturated carbocycles. The highest BCUT2D eigenvalue weighted by molar-refractivity contribution is 5.98. The lowest BCUT2D eigenvalue weighted by Gasteiger charge is -2.21. The first-order valence-electron chi connectivity index (χ1n) is 10.2. The Labute approximate surface area is 177 Å². The van der Waals surface area contributed by atoms with E-state index in [1.807, 2.05) is 80.6 Å². The molecule has 5 nitrogen and oxygen atoms in total. The Morgan fingerprint density at radius 2 is 1.67 bits per heavy atom. The van der Waals surface area contributed by atoms with Gasteiger partial charge in [0.05, 0.1) is 13.2 Å². The lowest BCUT2D eigenvalue weighted by Crippen LogP contribution is -2.27. The SMILES string of the molecule is Cc1ccc(C)c(NC(=O)[C@H](Nc2ccc3c(c2)OCCCO3)c2ccccc2)c1. The van der Waals surface area contributed by atoms with E-state index in [0.717, 1.165) is 40.2 Å². The molecule has 1 heterocycles. The molecule has 1 aliphatic rings. The second kappa shape index (κ2) is 8.91. The average molecular weight is 402 g/mol. The second-order valence-electron chi connectivity index (χ2n) is 7.51. The van der Waals surface area contributed by atoms with Crippen LogP contribution in [0.15, 0.2) is 66.7 Å². The summed E-state index contributed by atoms with van der Waals surface area (Å²) in [7, 11) is 0. The van der Waals surface area contributed by atoms with Gasteiger partial charge in [-0.15, -0.1) is 0 Å². The lowest BCUT2D eigenvalue weighted by molar-refractivity contribution is -0.117. The summed E-state index contributed by atoms with van der Waals surface area (Å²) < 4.78 is 11.5. The highest BCUT2D eigenvalue weighted by Crippen LogP contribution is 2.34. The van der Waals surface area contributed by atoms with Crippen molar-refractivity contribution in [2.45, 2.75) is 26.3 Å². The third-order valence-electron chi connectivity index (χ3n) is 5.10. The van der Waals surface area contributed by atoms with E-state index in [0.29, 0.717) is 19.0 Å². The molecule has 1 amide bonds. The van der Waals surface area contributed by atoms with Crippen molar-refractivity contribution < 1.29 is 14.3 Å². The van der Waals surface area contributed by atoms with E-state index < -0.39 is 6.04 Å². The largest absolute Gasteiger partial charge is 0.490 e. The molecular formula is C25H26N2O3. The zero-order valence-corrected chi connectivity index (χ0v) is 17.3. The zero-order valence-electron chi connectivity index (χ0n) is 17.3. The van der Waals surface area contributed by atoms with Gasteiger partial charge in [0.1, 0.15) is 6.04 Å². The van der Waals surface area contributed by atoms with Gasteiger partial charge in [-0.1, -0.05) is 42.5 Å². The molecule has 5 heteroatoms. The molecular weight excluding hydrogens is 376 g/mol. The lowest BCUT2D eigenvalue weighted by atomic mass is 10.0. The van der Waals surface area contributed by atoms with E-state index in [-0.39, 0.29) is 5.91 Å². The average Bonchev–Trinajstić information content (AvgIpc) is 3.00. The first-order valence-corrected chi connectivity index (χ1v) is 10.2. The van der Waals surface area contributed by atoms with Crippen LogP contribution in [0.4, 0.5) is 11.4 Å². The highest BCUT2D eigenvalue weighted by Gasteiger charge is 2.22. The molecule has 1 atom stereocenters. The molecule has 0 aromatic heterocycles. The standard InChI is InChI=1S/C25H26N2O3/c1-17-9-10-18(2)21(15-17)27-25(28)24(19-7-4-3-5-8-19)26-20-11-12-22-23(16-20)30-14-6-13-29-22/h3-5,7-12,15-16,24,26H,6,13-14H2,1-2H3,(H,27,28)/t24-/m1/s1. The number of carbonyl (C=O) groups is 1. The number of aryl methyl sites for hydroxylation is 2. The summed E-state index contributed by atoms with van der Waals surface area (Å²) in [6, 6.07) is 20.9. The van der Waals surface area contributed by atoms with Crippen LogP contribution in [0.25, 0.3) is 0 Å². The molecule has 154 valence electrons. The van der Waals surface area contributed by atoms with Crippen molar-refractivity contribution >= 4 is 17.3 Å². The van der Waals surface area contributed by atoms with E-state index in [9.17, 15) is 4.79 Å². The van der Waals surface area contributed by atoms with Gasteiger partial charge in [-0.3, -0.25) is 4.79 Å². The first-order chi connectivity index (χ1) is 14.6. The molecule has 2 N–H and O–H groups in total. The van der Waals surface area contributed by atoms with Crippen molar-refractivity contribution in [3.8, 4) is 11.5 Å². The minimum Gasteiger partial charge on any atom is -0.490 e. The van der Waals surface area contributed by atoms with Gasteiger partial charge in [-0.05, 0) is 48.7 Å². The van der Waals surface area contributed by atoms with Crippen molar-refractivity contribution in [1.29, 1.82) is 0 Å². The predicted molar refractivity (Wildman–Crippen MR) is 119 cm³/mol. The minimum atomic E-state index is -0.559. The maximum absolute atomic E-state index is 13.3. The third kappa shape index (κ3) is 4.57. The van der Waals surface area contributed by atoms with Crippen LogP contribution in [-0.4, -0.2) is 19.1 Å². The first kappa shape index (κ1) is 19.8. The highest BCUT2D eigenvalue weighted by atomic mass is 16.5. The summed E-state index contributed by atoms with van der Waals surface area (Å²) in [5.74, 6) is 1.30. The number of benzene rings is 3. The molecule has 0 saturated heterocycles. The van der Waals surface area contributed by atoms with Crippen LogP contribution in [0.5, 0.6) is 11.5 Å². The number of carbonyl (C=O) groups excluding carboxylic acids is 1. The van der Waals surface area contributed by atoms with Gasteiger partial charge in [-0.2, -0.15) is 0 Å². The molecule has 3 aromatic carbocycles. The molecule has 30 heavy (non-hydrogen) atoms. The number of ether oxygens (including phenoxy) is 2. The van der Waals surface area contributed by atoms with E-state index in [1.165, 1.54) is 0 Å². The number of fused-ring (bicyclic) bond motifs is 1. The fourth-order valence-corrected chi connectivity index (χ4v) is 3.44. The van der Waals surface area contributed by atoms with Crippen LogP contribution in [0.2, 0.25) is 0 Å². The van der Waals surface area contributed by atoms with Gasteiger partial charge in [0, 0.05) is 23.9 Å². The Hall–Kier alpha value is -3.47. The molecule has 4 rings (SSSR count). The summed E-state index contributed by atoms with van der Waals surface area (Å²) >= 11 is 0. The third-order valence-corrected chi connectivity index (χ3v) is 5.10. The molecule has 0 bridgehead atoms. The van der Waals surface area contributed by atoms with Crippen molar-refractivity contribution in [3.63, 3.8) is 0 Å². The Bertz CT molecular complexity index is 1030. The number of amides is 1. The fourth-order valence-electron chi connectivity index (χ4n) is 3.44. The quantitative estimate of drug-likeness (QED) is 0.611. The number of anilines is 2. The normalized spacial score (nSPS) is 13.8. The van der Waals surface area contributed by atoms with E-state index in [2.05, 4.69) is 10.6 Å². The summed E-state index contributed by atoms with van der Waals surface area (Å²) in [5, 5.41) is 6.46. The van der Waals surface area contributed by atoms with E-state index in [4.69, 9.17) is 9.47 Å². The van der Waals surface area contributed by atoms with E-state index in [1.54, 1.807) is 0 Å². The Morgan fingerprint density at radius 3 is 2.47 bits per heavy atom. The van der Waals surface area contributed by atoms with Crippen molar-refractivity contribution in [2.75, 3.05) is 23.8 Å². The number of rotatable bonds is 5. The van der Waals surface area contributed by atoms with Crippen LogP contribution in [-0.2, 0) is 4.79 Å². The Kier molecular flexibility index (Phi) is 5.89. The van der Waals surface area contributed by atoms with Crippen LogP contribution in [0, 0.1) is 13.8 Å². The topological polar surface area (TPSA) is 59.6 Å². The van der Waals surface area contributed by atoms with Crippen LogP contribution in [0.3, 0.4) is 0 Å². The molecule has 0 unspecified atom stereocenters. The maximum atomic E-state index is 13.3. The molecule has 0 aliphatic carbocycles. The van der Waals surface area contributed by atoms with Crippen molar-refractivity contribution in [3.05, 3.63) is 83.4 Å². The number of hydrogen-bond donors (Lipinski definition) is 2. The molecule has 0 spiro atoms.